The number of hydrogen-bond donors (Lipinski definition) is 0. The number of amides is 1. The molecule has 3 fully saturated rings. The number of fused-ring (bicyclic) bond motifs is 3. The van der Waals surface area contributed by atoms with Crippen LogP contribution in [0.25, 0.3) is 0 Å². The van der Waals surface area contributed by atoms with Gasteiger partial charge < -0.3 is 4.90 Å². The van der Waals surface area contributed by atoms with E-state index in [0.29, 0.717) is 24.7 Å². The summed E-state index contributed by atoms with van der Waals surface area (Å²) < 4.78 is 0. The fourth-order valence-corrected chi connectivity index (χ4v) is 3.11. The molecule has 3 saturated heterocycles. The van der Waals surface area contributed by atoms with Gasteiger partial charge in [0.15, 0.2) is 0 Å². The molecule has 0 saturated carbocycles. The number of piperazine rings is 1. The maximum absolute atomic E-state index is 11.8. The molecule has 0 radical (unpaired) electrons. The van der Waals surface area contributed by atoms with Crippen molar-refractivity contribution in [2.45, 2.75) is 25.0 Å². The van der Waals surface area contributed by atoms with Crippen LogP contribution in [0.1, 0.15) is 12.8 Å². The molecule has 14 heavy (non-hydrogen) atoms. The van der Waals surface area contributed by atoms with Gasteiger partial charge in [0.2, 0.25) is 5.91 Å². The van der Waals surface area contributed by atoms with E-state index in [1.807, 2.05) is 7.05 Å². The zero-order valence-electron chi connectivity index (χ0n) is 8.65. The maximum atomic E-state index is 11.8. The summed E-state index contributed by atoms with van der Waals surface area (Å²) in [4.78, 5) is 18.5. The van der Waals surface area contributed by atoms with Gasteiger partial charge in [-0.15, -0.1) is 0 Å². The molecule has 4 heteroatoms. The highest BCUT2D eigenvalue weighted by Crippen LogP contribution is 2.31. The molecule has 0 N–H and O–H groups in total. The van der Waals surface area contributed by atoms with Gasteiger partial charge in [0.25, 0.3) is 0 Å². The molecule has 3 aliphatic heterocycles. The first-order chi connectivity index (χ1) is 6.75. The van der Waals surface area contributed by atoms with Crippen molar-refractivity contribution in [3.8, 4) is 0 Å². The van der Waals surface area contributed by atoms with Crippen LogP contribution in [0.4, 0.5) is 0 Å². The number of carbonyl (C=O) groups is 1. The van der Waals surface area contributed by atoms with Gasteiger partial charge in [-0.2, -0.15) is 0 Å². The van der Waals surface area contributed by atoms with E-state index in [0.717, 1.165) is 13.1 Å². The van der Waals surface area contributed by atoms with Gasteiger partial charge in [0.05, 0.1) is 12.7 Å². The van der Waals surface area contributed by atoms with Crippen LogP contribution in [-0.4, -0.2) is 66.0 Å². The molecular formula is C10H17N3O. The van der Waals surface area contributed by atoms with Crippen LogP contribution < -0.4 is 0 Å². The Hall–Kier alpha value is -0.610. The normalized spacial score (nSPS) is 38.9. The van der Waals surface area contributed by atoms with E-state index in [1.165, 1.54) is 19.4 Å². The molecule has 3 rings (SSSR count). The molecule has 2 unspecified atom stereocenters. The summed E-state index contributed by atoms with van der Waals surface area (Å²) in [5, 5.41) is 0. The van der Waals surface area contributed by atoms with Gasteiger partial charge in [0.1, 0.15) is 0 Å². The molecule has 0 aliphatic carbocycles. The van der Waals surface area contributed by atoms with Gasteiger partial charge in [-0.25, -0.2) is 0 Å². The van der Waals surface area contributed by atoms with E-state index in [9.17, 15) is 4.79 Å². The second-order valence-electron chi connectivity index (χ2n) is 4.76. The minimum absolute atomic E-state index is 0.318. The fraction of sp³-hybridized carbons (Fsp3) is 0.900. The molecule has 0 spiro atoms. The maximum Gasteiger partial charge on any atom is 0.238 e. The second-order valence-corrected chi connectivity index (χ2v) is 4.76. The van der Waals surface area contributed by atoms with Crippen LogP contribution in [0.15, 0.2) is 0 Å². The Balaban J connectivity index is 1.84. The second kappa shape index (κ2) is 2.94. The average Bonchev–Trinajstić information content (AvgIpc) is 2.65. The first-order valence-corrected chi connectivity index (χ1v) is 5.49. The Morgan fingerprint density at radius 3 is 3.07 bits per heavy atom. The lowest BCUT2D eigenvalue weighted by Crippen LogP contribution is -2.56. The summed E-state index contributed by atoms with van der Waals surface area (Å²) in [5.41, 5.74) is 0. The largest absolute Gasteiger partial charge is 0.323 e. The lowest BCUT2D eigenvalue weighted by molar-refractivity contribution is -0.139. The van der Waals surface area contributed by atoms with Crippen LogP contribution in [0.3, 0.4) is 0 Å². The quantitative estimate of drug-likeness (QED) is 0.524. The summed E-state index contributed by atoms with van der Waals surface area (Å²) in [6.45, 7) is 3.81. The molecular weight excluding hydrogens is 178 g/mol. The summed E-state index contributed by atoms with van der Waals surface area (Å²) >= 11 is 0. The van der Waals surface area contributed by atoms with Crippen LogP contribution in [0.2, 0.25) is 0 Å². The Morgan fingerprint density at radius 2 is 2.21 bits per heavy atom. The summed E-state index contributed by atoms with van der Waals surface area (Å²) in [5.74, 6) is 0.318. The SMILES string of the molecule is CN1CC(=O)N2CC3CCCN3C2C1. The molecule has 0 aromatic rings. The van der Waals surface area contributed by atoms with E-state index >= 15 is 0 Å². The zero-order valence-corrected chi connectivity index (χ0v) is 8.65. The molecule has 0 bridgehead atoms. The first kappa shape index (κ1) is 8.68. The minimum Gasteiger partial charge on any atom is -0.323 e. The Bertz CT molecular complexity index is 268. The minimum atomic E-state index is 0.318. The van der Waals surface area contributed by atoms with Crippen molar-refractivity contribution in [2.24, 2.45) is 0 Å². The molecule has 78 valence electrons. The van der Waals surface area contributed by atoms with Gasteiger partial charge in [0, 0.05) is 25.7 Å². The smallest absolute Gasteiger partial charge is 0.238 e. The molecule has 1 amide bonds. The fourth-order valence-electron chi connectivity index (χ4n) is 3.11. The van der Waals surface area contributed by atoms with E-state index in [-0.39, 0.29) is 0 Å². The van der Waals surface area contributed by atoms with E-state index in [2.05, 4.69) is 14.7 Å². The monoisotopic (exact) mass is 195 g/mol. The molecule has 3 aliphatic rings. The van der Waals surface area contributed by atoms with E-state index < -0.39 is 0 Å². The summed E-state index contributed by atoms with van der Waals surface area (Å²) in [6, 6.07) is 0.662. The number of carbonyl (C=O) groups excluding carboxylic acids is 1. The number of likely N-dealkylation sites (N-methyl/N-ethyl adjacent to an activating group) is 1. The molecule has 0 aromatic heterocycles. The van der Waals surface area contributed by atoms with Gasteiger partial charge in [-0.05, 0) is 19.9 Å². The first-order valence-electron chi connectivity index (χ1n) is 5.49. The Labute approximate surface area is 84.4 Å². The zero-order chi connectivity index (χ0) is 9.71. The van der Waals surface area contributed by atoms with E-state index in [1.54, 1.807) is 0 Å². The number of rotatable bonds is 0. The Kier molecular flexibility index (Phi) is 1.82. The van der Waals surface area contributed by atoms with Crippen molar-refractivity contribution in [3.63, 3.8) is 0 Å². The molecule has 0 aromatic carbocycles. The molecule has 4 nitrogen and oxygen atoms in total. The topological polar surface area (TPSA) is 26.8 Å². The predicted octanol–water partition coefficient (Wildman–Crippen LogP) is -0.435. The molecule has 2 atom stereocenters. The summed E-state index contributed by atoms with van der Waals surface area (Å²) in [7, 11) is 2.04. The van der Waals surface area contributed by atoms with Crippen LogP contribution in [0.5, 0.6) is 0 Å². The highest BCUT2D eigenvalue weighted by molar-refractivity contribution is 5.79. The van der Waals surface area contributed by atoms with Crippen molar-refractivity contribution >= 4 is 5.91 Å². The van der Waals surface area contributed by atoms with Crippen LogP contribution >= 0.6 is 0 Å². The van der Waals surface area contributed by atoms with Gasteiger partial charge >= 0.3 is 0 Å². The third-order valence-corrected chi connectivity index (χ3v) is 3.77. The highest BCUT2D eigenvalue weighted by atomic mass is 16.2. The number of nitrogens with zero attached hydrogens (tertiary/aromatic N) is 3. The highest BCUT2D eigenvalue weighted by Gasteiger charge is 2.46. The third-order valence-electron chi connectivity index (χ3n) is 3.77. The lowest BCUT2D eigenvalue weighted by Gasteiger charge is -2.37. The standard InChI is InChI=1S/C10H17N3O/c1-11-6-9-12-4-2-3-8(12)5-13(9)10(14)7-11/h8-9H,2-7H2,1H3. The van der Waals surface area contributed by atoms with Crippen molar-refractivity contribution in [2.75, 3.05) is 33.2 Å². The van der Waals surface area contributed by atoms with Crippen molar-refractivity contribution < 1.29 is 4.79 Å². The average molecular weight is 195 g/mol. The lowest BCUT2D eigenvalue weighted by atomic mass is 10.2. The van der Waals surface area contributed by atoms with Crippen molar-refractivity contribution in [1.29, 1.82) is 0 Å². The predicted molar refractivity (Wildman–Crippen MR) is 52.7 cm³/mol. The van der Waals surface area contributed by atoms with Gasteiger partial charge in [-0.3, -0.25) is 14.6 Å². The van der Waals surface area contributed by atoms with Crippen molar-refractivity contribution in [3.05, 3.63) is 0 Å². The summed E-state index contributed by atoms with van der Waals surface area (Å²) in [6.07, 6.45) is 2.98. The van der Waals surface area contributed by atoms with Crippen LogP contribution in [-0.2, 0) is 4.79 Å². The van der Waals surface area contributed by atoms with E-state index in [4.69, 9.17) is 0 Å². The number of hydrogen-bond acceptors (Lipinski definition) is 3. The van der Waals surface area contributed by atoms with Crippen LogP contribution in [0, 0.1) is 0 Å². The van der Waals surface area contributed by atoms with Gasteiger partial charge in [-0.1, -0.05) is 0 Å². The Morgan fingerprint density at radius 1 is 1.36 bits per heavy atom. The molecule has 3 heterocycles. The van der Waals surface area contributed by atoms with Crippen molar-refractivity contribution in [1.82, 2.24) is 14.7 Å². The third kappa shape index (κ3) is 1.10.